The molecule has 1 N–H and O–H groups in total. The number of rotatable bonds is 5. The van der Waals surface area contributed by atoms with Gasteiger partial charge in [0.2, 0.25) is 0 Å². The number of nitrogens with zero attached hydrogens (tertiary/aromatic N) is 1. The molecule has 0 saturated carbocycles. The highest BCUT2D eigenvalue weighted by Gasteiger charge is 2.25. The van der Waals surface area contributed by atoms with Gasteiger partial charge < -0.3 is 15.0 Å². The number of para-hydroxylation sites is 1. The second-order valence-corrected chi connectivity index (χ2v) is 8.39. The number of hydrogen-bond acceptors (Lipinski definition) is 4. The average molecular weight is 421 g/mol. The van der Waals surface area contributed by atoms with Gasteiger partial charge in [-0.15, -0.1) is 11.3 Å². The summed E-state index contributed by atoms with van der Waals surface area (Å²) in [6, 6.07) is 16.8. The zero-order valence-corrected chi connectivity index (χ0v) is 17.9. The highest BCUT2D eigenvalue weighted by Crippen LogP contribution is 2.27. The summed E-state index contributed by atoms with van der Waals surface area (Å²) >= 11 is 1.75. The van der Waals surface area contributed by atoms with E-state index in [2.05, 4.69) is 16.8 Å². The van der Waals surface area contributed by atoms with Crippen molar-refractivity contribution < 1.29 is 14.3 Å². The molecular formula is C24H24N2O3S. The number of carbonyl (C=O) groups is 2. The molecule has 4 rings (SSSR count). The van der Waals surface area contributed by atoms with E-state index in [0.717, 1.165) is 12.0 Å². The Bertz CT molecular complexity index is 1060. The Kier molecular flexibility index (Phi) is 5.86. The summed E-state index contributed by atoms with van der Waals surface area (Å²) in [5.74, 6) is 0.375. The van der Waals surface area contributed by atoms with Crippen LogP contribution in [0.3, 0.4) is 0 Å². The minimum Gasteiger partial charge on any atom is -0.481 e. The molecule has 0 fully saturated rings. The van der Waals surface area contributed by atoms with Crippen molar-refractivity contribution in [3.8, 4) is 5.75 Å². The predicted octanol–water partition coefficient (Wildman–Crippen LogP) is 4.66. The van der Waals surface area contributed by atoms with Gasteiger partial charge in [-0.2, -0.15) is 0 Å². The number of amides is 2. The number of nitrogens with one attached hydrogen (secondary N) is 1. The molecule has 1 unspecified atom stereocenters. The third-order valence-electron chi connectivity index (χ3n) is 5.34. The van der Waals surface area contributed by atoms with Crippen LogP contribution >= 0.6 is 11.3 Å². The molecule has 5 nitrogen and oxygen atoms in total. The Morgan fingerprint density at radius 2 is 1.90 bits per heavy atom. The fourth-order valence-corrected chi connectivity index (χ4v) is 4.48. The highest BCUT2D eigenvalue weighted by molar-refractivity contribution is 7.10. The second-order valence-electron chi connectivity index (χ2n) is 7.39. The molecule has 0 spiro atoms. The van der Waals surface area contributed by atoms with Gasteiger partial charge in [0.1, 0.15) is 5.75 Å². The molecule has 1 aliphatic rings. The first kappa shape index (κ1) is 20.2. The van der Waals surface area contributed by atoms with Crippen molar-refractivity contribution in [2.24, 2.45) is 0 Å². The molecule has 0 radical (unpaired) electrons. The van der Waals surface area contributed by atoms with Crippen molar-refractivity contribution in [2.75, 3.05) is 11.9 Å². The lowest BCUT2D eigenvalue weighted by Crippen LogP contribution is -2.36. The van der Waals surface area contributed by atoms with Crippen LogP contribution in [-0.2, 0) is 17.8 Å². The van der Waals surface area contributed by atoms with E-state index in [1.165, 1.54) is 10.4 Å². The summed E-state index contributed by atoms with van der Waals surface area (Å²) in [5.41, 5.74) is 3.23. The van der Waals surface area contributed by atoms with Crippen LogP contribution in [-0.4, -0.2) is 29.4 Å². The third kappa shape index (κ3) is 4.24. The van der Waals surface area contributed by atoms with E-state index in [-0.39, 0.29) is 11.8 Å². The number of ether oxygens (including phenoxy) is 1. The van der Waals surface area contributed by atoms with Gasteiger partial charge in [0, 0.05) is 29.2 Å². The van der Waals surface area contributed by atoms with Crippen LogP contribution in [0.15, 0.2) is 60.0 Å². The lowest BCUT2D eigenvalue weighted by atomic mass is 10.0. The first-order valence-corrected chi connectivity index (χ1v) is 10.9. The van der Waals surface area contributed by atoms with Crippen LogP contribution in [0.25, 0.3) is 0 Å². The van der Waals surface area contributed by atoms with E-state index in [1.807, 2.05) is 54.3 Å². The Hall–Kier alpha value is -3.12. The minimum atomic E-state index is -0.662. The summed E-state index contributed by atoms with van der Waals surface area (Å²) in [6.45, 7) is 4.92. The van der Waals surface area contributed by atoms with Gasteiger partial charge in [-0.1, -0.05) is 24.3 Å². The quantitative estimate of drug-likeness (QED) is 0.653. The van der Waals surface area contributed by atoms with Crippen LogP contribution in [0.2, 0.25) is 0 Å². The molecule has 3 aromatic rings. The number of hydrogen-bond donors (Lipinski definition) is 1. The summed E-state index contributed by atoms with van der Waals surface area (Å²) in [4.78, 5) is 29.0. The van der Waals surface area contributed by atoms with Crippen molar-refractivity contribution >= 4 is 28.8 Å². The number of benzene rings is 2. The van der Waals surface area contributed by atoms with Gasteiger partial charge >= 0.3 is 0 Å². The summed E-state index contributed by atoms with van der Waals surface area (Å²) in [6.07, 6.45) is 0.230. The number of anilines is 1. The second kappa shape index (κ2) is 8.71. The minimum absolute atomic E-state index is 0.00552. The van der Waals surface area contributed by atoms with E-state index >= 15 is 0 Å². The first-order valence-electron chi connectivity index (χ1n) is 9.99. The molecule has 1 aromatic heterocycles. The molecule has 2 aromatic carbocycles. The van der Waals surface area contributed by atoms with Crippen LogP contribution < -0.4 is 10.1 Å². The topological polar surface area (TPSA) is 58.6 Å². The van der Waals surface area contributed by atoms with Crippen molar-refractivity contribution in [2.45, 2.75) is 32.9 Å². The zero-order chi connectivity index (χ0) is 21.1. The third-order valence-corrected chi connectivity index (χ3v) is 6.37. The van der Waals surface area contributed by atoms with E-state index in [4.69, 9.17) is 4.74 Å². The number of carbonyl (C=O) groups excluding carboxylic acids is 2. The lowest BCUT2D eigenvalue weighted by molar-refractivity contribution is -0.122. The monoisotopic (exact) mass is 420 g/mol. The van der Waals surface area contributed by atoms with Crippen molar-refractivity contribution in [1.82, 2.24) is 4.90 Å². The fraction of sp³-hybridized carbons (Fsp3) is 0.250. The zero-order valence-electron chi connectivity index (χ0n) is 17.1. The molecule has 0 bridgehead atoms. The standard InChI is InChI=1S/C24H24N2O3S/c1-16-20(24(28)26-13-11-22-18(15-26)12-14-30-22)9-6-10-21(16)25-23(27)17(2)29-19-7-4-3-5-8-19/h3-10,12,14,17H,11,13,15H2,1-2H3,(H,25,27). The van der Waals surface area contributed by atoms with Crippen molar-refractivity contribution in [1.29, 1.82) is 0 Å². The highest BCUT2D eigenvalue weighted by atomic mass is 32.1. The molecule has 6 heteroatoms. The largest absolute Gasteiger partial charge is 0.481 e. The smallest absolute Gasteiger partial charge is 0.265 e. The maximum absolute atomic E-state index is 13.2. The van der Waals surface area contributed by atoms with Gasteiger partial charge in [-0.3, -0.25) is 9.59 Å². The van der Waals surface area contributed by atoms with Gasteiger partial charge in [-0.25, -0.2) is 0 Å². The average Bonchev–Trinajstić information content (AvgIpc) is 3.23. The van der Waals surface area contributed by atoms with Crippen LogP contribution in [0.4, 0.5) is 5.69 Å². The van der Waals surface area contributed by atoms with Crippen molar-refractivity contribution in [3.05, 3.63) is 81.5 Å². The van der Waals surface area contributed by atoms with Gasteiger partial charge in [0.05, 0.1) is 0 Å². The SMILES string of the molecule is Cc1c(NC(=O)C(C)Oc2ccccc2)cccc1C(=O)N1CCc2sccc2C1. The molecule has 1 aliphatic heterocycles. The molecule has 0 saturated heterocycles. The van der Waals surface area contributed by atoms with Crippen LogP contribution in [0.5, 0.6) is 5.75 Å². The molecule has 154 valence electrons. The number of fused-ring (bicyclic) bond motifs is 1. The molecule has 1 atom stereocenters. The Morgan fingerprint density at radius 1 is 1.10 bits per heavy atom. The van der Waals surface area contributed by atoms with Gasteiger partial charge in [0.15, 0.2) is 6.10 Å². The molecular weight excluding hydrogens is 396 g/mol. The van der Waals surface area contributed by atoms with Gasteiger partial charge in [0.25, 0.3) is 11.8 Å². The maximum Gasteiger partial charge on any atom is 0.265 e. The van der Waals surface area contributed by atoms with Crippen LogP contribution in [0.1, 0.15) is 33.3 Å². The molecule has 2 heterocycles. The lowest BCUT2D eigenvalue weighted by Gasteiger charge is -2.28. The molecule has 2 amide bonds. The number of thiophene rings is 1. The maximum atomic E-state index is 13.2. The fourth-order valence-electron chi connectivity index (χ4n) is 3.59. The van der Waals surface area contributed by atoms with Crippen LogP contribution in [0, 0.1) is 6.92 Å². The van der Waals surface area contributed by atoms with E-state index in [0.29, 0.717) is 30.1 Å². The Balaban J connectivity index is 1.46. The van der Waals surface area contributed by atoms with E-state index < -0.39 is 6.10 Å². The molecule has 0 aliphatic carbocycles. The van der Waals surface area contributed by atoms with Gasteiger partial charge in [-0.05, 0) is 67.1 Å². The Labute approximate surface area is 180 Å². The van der Waals surface area contributed by atoms with Crippen molar-refractivity contribution in [3.63, 3.8) is 0 Å². The summed E-state index contributed by atoms with van der Waals surface area (Å²) in [7, 11) is 0. The Morgan fingerprint density at radius 3 is 2.70 bits per heavy atom. The normalized spacial score (nSPS) is 14.0. The first-order chi connectivity index (χ1) is 14.5. The predicted molar refractivity (Wildman–Crippen MR) is 119 cm³/mol. The summed E-state index contributed by atoms with van der Waals surface area (Å²) < 4.78 is 5.70. The van der Waals surface area contributed by atoms with E-state index in [1.54, 1.807) is 24.3 Å². The van der Waals surface area contributed by atoms with E-state index in [9.17, 15) is 9.59 Å². The summed E-state index contributed by atoms with van der Waals surface area (Å²) in [5, 5.41) is 4.99. The molecule has 30 heavy (non-hydrogen) atoms.